The van der Waals surface area contributed by atoms with Gasteiger partial charge >= 0.3 is 5.97 Å². The van der Waals surface area contributed by atoms with Crippen molar-refractivity contribution < 1.29 is 27.7 Å². The fourth-order valence-electron chi connectivity index (χ4n) is 2.07. The zero-order chi connectivity index (χ0) is 17.7. The topological polar surface area (TPSA) is 121 Å². The van der Waals surface area contributed by atoms with Crippen LogP contribution >= 0.6 is 0 Å². The molecule has 8 heteroatoms. The zero-order valence-electron chi connectivity index (χ0n) is 12.4. The molecule has 0 heterocycles. The Morgan fingerprint density at radius 2 is 1.50 bits per heavy atom. The van der Waals surface area contributed by atoms with E-state index in [0.29, 0.717) is 0 Å². The molecule has 0 fully saturated rings. The molecule has 0 aliphatic heterocycles. The number of carboxylic acid groups (broad SMARTS) is 1. The molecule has 0 saturated heterocycles. The van der Waals surface area contributed by atoms with E-state index in [2.05, 4.69) is 5.32 Å². The van der Waals surface area contributed by atoms with Crippen molar-refractivity contribution in [2.24, 2.45) is 0 Å². The molecule has 1 unspecified atom stereocenters. The number of hydrogen-bond acceptors (Lipinski definition) is 4. The smallest absolute Gasteiger partial charge is 0.327 e. The first kappa shape index (κ1) is 17.6. The molecule has 24 heavy (non-hydrogen) atoms. The minimum Gasteiger partial charge on any atom is -0.480 e. The molecule has 3 N–H and O–H groups in total. The summed E-state index contributed by atoms with van der Waals surface area (Å²) < 4.78 is 30.4. The third kappa shape index (κ3) is 4.90. The molecule has 0 aromatic heterocycles. The maximum Gasteiger partial charge on any atom is 0.327 e. The van der Waals surface area contributed by atoms with E-state index in [9.17, 15) is 18.0 Å². The van der Waals surface area contributed by atoms with Gasteiger partial charge in [-0.05, 0) is 23.3 Å². The highest BCUT2D eigenvalue weighted by molar-refractivity contribution is 7.85. The number of benzene rings is 2. The Morgan fingerprint density at radius 3 is 2.00 bits per heavy atom. The third-order valence-electron chi connectivity index (χ3n) is 3.23. The molecule has 0 radical (unpaired) electrons. The van der Waals surface area contributed by atoms with Crippen LogP contribution in [0.4, 0.5) is 0 Å². The van der Waals surface area contributed by atoms with Gasteiger partial charge in [-0.1, -0.05) is 42.5 Å². The summed E-state index contributed by atoms with van der Waals surface area (Å²) in [4.78, 5) is 23.0. The molecular formula is C16H15NO6S. The van der Waals surface area contributed by atoms with Gasteiger partial charge < -0.3 is 10.4 Å². The van der Waals surface area contributed by atoms with Crippen molar-refractivity contribution in [3.05, 3.63) is 60.2 Å². The van der Waals surface area contributed by atoms with E-state index in [1.54, 1.807) is 12.1 Å². The van der Waals surface area contributed by atoms with Crippen molar-refractivity contribution in [2.45, 2.75) is 6.04 Å². The molecule has 1 amide bonds. The molecule has 0 saturated carbocycles. The van der Waals surface area contributed by atoms with Gasteiger partial charge in [0.25, 0.3) is 16.0 Å². The van der Waals surface area contributed by atoms with E-state index < -0.39 is 33.8 Å². The molecule has 0 aliphatic rings. The number of carboxylic acids is 1. The fourth-order valence-corrected chi connectivity index (χ4v) is 2.72. The quantitative estimate of drug-likeness (QED) is 0.678. The minimum absolute atomic E-state index is 0.177. The molecule has 1 atom stereocenters. The average molecular weight is 349 g/mol. The summed E-state index contributed by atoms with van der Waals surface area (Å²) in [7, 11) is -4.53. The summed E-state index contributed by atoms with van der Waals surface area (Å²) in [6.45, 7) is 0. The SMILES string of the molecule is O=C(NC(CS(=O)(=O)O)C(=O)O)c1ccc(-c2ccccc2)cc1. The van der Waals surface area contributed by atoms with Gasteiger partial charge in [0, 0.05) is 5.56 Å². The summed E-state index contributed by atoms with van der Waals surface area (Å²) in [6.07, 6.45) is 0. The van der Waals surface area contributed by atoms with Crippen LogP contribution in [0, 0.1) is 0 Å². The monoisotopic (exact) mass is 349 g/mol. The summed E-state index contributed by atoms with van der Waals surface area (Å²) in [5, 5.41) is 11.0. The lowest BCUT2D eigenvalue weighted by Crippen LogP contribution is -2.45. The van der Waals surface area contributed by atoms with Gasteiger partial charge in [-0.15, -0.1) is 0 Å². The molecule has 126 valence electrons. The number of aliphatic carboxylic acids is 1. The van der Waals surface area contributed by atoms with Gasteiger partial charge in [0.1, 0.15) is 11.8 Å². The Balaban J connectivity index is 2.13. The molecule has 2 aromatic carbocycles. The Kier molecular flexibility index (Phi) is 5.32. The second-order valence-corrected chi connectivity index (χ2v) is 6.55. The number of nitrogens with one attached hydrogen (secondary N) is 1. The third-order valence-corrected chi connectivity index (χ3v) is 3.99. The van der Waals surface area contributed by atoms with Crippen LogP contribution in [0.5, 0.6) is 0 Å². The van der Waals surface area contributed by atoms with E-state index in [1.807, 2.05) is 30.3 Å². The maximum atomic E-state index is 12.0. The standard InChI is InChI=1S/C16H15NO6S/c18-15(17-14(16(19)20)10-24(21,22)23)13-8-6-12(7-9-13)11-4-2-1-3-5-11/h1-9,14H,10H2,(H,17,18)(H,19,20)(H,21,22,23). The highest BCUT2D eigenvalue weighted by Gasteiger charge is 2.26. The number of amides is 1. The van der Waals surface area contributed by atoms with E-state index in [0.717, 1.165) is 11.1 Å². The van der Waals surface area contributed by atoms with Crippen LogP contribution in [0.25, 0.3) is 11.1 Å². The minimum atomic E-state index is -4.53. The number of rotatable bonds is 6. The van der Waals surface area contributed by atoms with Crippen LogP contribution in [-0.2, 0) is 14.9 Å². The van der Waals surface area contributed by atoms with Crippen molar-refractivity contribution in [1.82, 2.24) is 5.32 Å². The van der Waals surface area contributed by atoms with Crippen molar-refractivity contribution >= 4 is 22.0 Å². The predicted octanol–water partition coefficient (Wildman–Crippen LogP) is 1.42. The lowest BCUT2D eigenvalue weighted by molar-refractivity contribution is -0.138. The van der Waals surface area contributed by atoms with Gasteiger partial charge in [0.15, 0.2) is 0 Å². The largest absolute Gasteiger partial charge is 0.480 e. The van der Waals surface area contributed by atoms with Crippen molar-refractivity contribution in [3.63, 3.8) is 0 Å². The van der Waals surface area contributed by atoms with Crippen molar-refractivity contribution in [3.8, 4) is 11.1 Å². The first-order chi connectivity index (χ1) is 11.3. The predicted molar refractivity (Wildman–Crippen MR) is 87.2 cm³/mol. The average Bonchev–Trinajstić information content (AvgIpc) is 2.54. The second-order valence-electron chi connectivity index (χ2n) is 5.06. The molecule has 7 nitrogen and oxygen atoms in total. The van der Waals surface area contributed by atoms with E-state index in [-0.39, 0.29) is 5.56 Å². The van der Waals surface area contributed by atoms with E-state index >= 15 is 0 Å². The summed E-state index contributed by atoms with van der Waals surface area (Å²) in [5.41, 5.74) is 2.01. The van der Waals surface area contributed by atoms with Crippen LogP contribution in [0.3, 0.4) is 0 Å². The van der Waals surface area contributed by atoms with E-state index in [1.165, 1.54) is 12.1 Å². The molecule has 2 aromatic rings. The fraction of sp³-hybridized carbons (Fsp3) is 0.125. The lowest BCUT2D eigenvalue weighted by atomic mass is 10.0. The first-order valence-electron chi connectivity index (χ1n) is 6.90. The van der Waals surface area contributed by atoms with Gasteiger partial charge in [-0.25, -0.2) is 4.79 Å². The number of carbonyl (C=O) groups is 2. The Morgan fingerprint density at radius 1 is 0.958 bits per heavy atom. The molecular weight excluding hydrogens is 334 g/mol. The van der Waals surface area contributed by atoms with Crippen molar-refractivity contribution in [1.29, 1.82) is 0 Å². The molecule has 2 rings (SSSR count). The Bertz CT molecular complexity index is 831. The summed E-state index contributed by atoms with van der Waals surface area (Å²) in [5.74, 6) is -3.40. The second kappa shape index (κ2) is 7.24. The van der Waals surface area contributed by atoms with E-state index in [4.69, 9.17) is 9.66 Å². The van der Waals surface area contributed by atoms with Crippen LogP contribution in [0.2, 0.25) is 0 Å². The van der Waals surface area contributed by atoms with Crippen LogP contribution in [-0.4, -0.2) is 41.7 Å². The molecule has 0 bridgehead atoms. The highest BCUT2D eigenvalue weighted by Crippen LogP contribution is 2.19. The van der Waals surface area contributed by atoms with Crippen LogP contribution in [0.15, 0.2) is 54.6 Å². The zero-order valence-corrected chi connectivity index (χ0v) is 13.2. The maximum absolute atomic E-state index is 12.0. The first-order valence-corrected chi connectivity index (χ1v) is 8.51. The Labute approximate surface area is 138 Å². The van der Waals surface area contributed by atoms with Crippen molar-refractivity contribution in [2.75, 3.05) is 5.75 Å². The molecule has 0 aliphatic carbocycles. The van der Waals surface area contributed by atoms with Crippen LogP contribution in [0.1, 0.15) is 10.4 Å². The van der Waals surface area contributed by atoms with Gasteiger partial charge in [0.2, 0.25) is 0 Å². The highest BCUT2D eigenvalue weighted by atomic mass is 32.2. The summed E-state index contributed by atoms with van der Waals surface area (Å²) >= 11 is 0. The lowest BCUT2D eigenvalue weighted by Gasteiger charge is -2.13. The number of hydrogen-bond donors (Lipinski definition) is 3. The van der Waals surface area contributed by atoms with Gasteiger partial charge in [-0.2, -0.15) is 8.42 Å². The Hall–Kier alpha value is -2.71. The summed E-state index contributed by atoms with van der Waals surface area (Å²) in [6, 6.07) is 14.1. The van der Waals surface area contributed by atoms with Gasteiger partial charge in [0.05, 0.1) is 0 Å². The van der Waals surface area contributed by atoms with Crippen LogP contribution < -0.4 is 5.32 Å². The normalized spacial score (nSPS) is 12.4. The number of carbonyl (C=O) groups excluding carboxylic acids is 1. The molecule has 0 spiro atoms. The van der Waals surface area contributed by atoms with Gasteiger partial charge in [-0.3, -0.25) is 9.35 Å².